The van der Waals surface area contributed by atoms with Crippen molar-refractivity contribution in [1.82, 2.24) is 24.5 Å². The molecule has 3 N–H and O–H groups in total. The number of carbonyl (C=O) groups excluding carboxylic acids is 2. The summed E-state index contributed by atoms with van der Waals surface area (Å²) in [6.07, 6.45) is -0.560. The van der Waals surface area contributed by atoms with Crippen LogP contribution in [0, 0.1) is 0 Å². The van der Waals surface area contributed by atoms with Gasteiger partial charge in [0.2, 0.25) is 0 Å². The van der Waals surface area contributed by atoms with Crippen LogP contribution in [0.4, 0.5) is 19.0 Å². The summed E-state index contributed by atoms with van der Waals surface area (Å²) in [4.78, 5) is 30.4. The number of aromatic nitrogens is 4. The highest BCUT2D eigenvalue weighted by Gasteiger charge is 2.47. The quantitative estimate of drug-likeness (QED) is 0.258. The van der Waals surface area contributed by atoms with Crippen molar-refractivity contribution in [1.29, 1.82) is 0 Å². The van der Waals surface area contributed by atoms with Crippen molar-refractivity contribution >= 4 is 23.3 Å². The van der Waals surface area contributed by atoms with Gasteiger partial charge in [0.15, 0.2) is 0 Å². The van der Waals surface area contributed by atoms with E-state index in [1.807, 2.05) is 30.3 Å². The van der Waals surface area contributed by atoms with Gasteiger partial charge in [0.25, 0.3) is 11.8 Å². The van der Waals surface area contributed by atoms with Gasteiger partial charge in [0.05, 0.1) is 11.3 Å². The van der Waals surface area contributed by atoms with Crippen LogP contribution in [-0.2, 0) is 24.6 Å². The minimum Gasteiger partial charge on any atom is -0.380 e. The van der Waals surface area contributed by atoms with Crippen LogP contribution in [0.25, 0.3) is 28.2 Å². The van der Waals surface area contributed by atoms with Crippen molar-refractivity contribution in [2.24, 2.45) is 7.05 Å². The highest BCUT2D eigenvalue weighted by Crippen LogP contribution is 2.38. The molecule has 5 aromatic rings. The minimum absolute atomic E-state index is 0.00922. The summed E-state index contributed by atoms with van der Waals surface area (Å²) in [5, 5.41) is 19.7. The first-order chi connectivity index (χ1) is 20.0. The molecule has 0 bridgehead atoms. The van der Waals surface area contributed by atoms with Crippen molar-refractivity contribution in [3.05, 3.63) is 95.8 Å². The molecule has 2 aromatic carbocycles. The molecule has 6 rings (SSSR count). The van der Waals surface area contributed by atoms with Crippen LogP contribution in [0.1, 0.15) is 34.3 Å². The lowest BCUT2D eigenvalue weighted by molar-refractivity contribution is -0.137. The Balaban J connectivity index is 1.35. The summed E-state index contributed by atoms with van der Waals surface area (Å²) < 4.78 is 44.5. The van der Waals surface area contributed by atoms with E-state index in [2.05, 4.69) is 15.7 Å². The number of alkyl halides is 3. The van der Waals surface area contributed by atoms with Crippen molar-refractivity contribution in [2.45, 2.75) is 31.2 Å². The third kappa shape index (κ3) is 5.23. The Hall–Kier alpha value is -4.97. The van der Waals surface area contributed by atoms with Crippen molar-refractivity contribution in [2.75, 3.05) is 5.32 Å². The molecule has 3 aromatic heterocycles. The number of pyridine rings is 1. The molecule has 9 nitrogen and oxygen atoms in total. The maximum atomic E-state index is 13.8. The first kappa shape index (κ1) is 27.2. The monoisotopic (exact) mass is 574 g/mol. The van der Waals surface area contributed by atoms with Gasteiger partial charge in [-0.25, -0.2) is 4.98 Å². The molecule has 1 saturated carbocycles. The SMILES string of the molecule is Cn1ccc(-c2cc(C(=O)Nc3c(-c4ccccc4)nc4cc(CNC(=O)C5(O)CC5)ccn34)ccc2C(F)(F)F)n1. The maximum absolute atomic E-state index is 13.8. The summed E-state index contributed by atoms with van der Waals surface area (Å²) in [7, 11) is 1.60. The lowest BCUT2D eigenvalue weighted by Crippen LogP contribution is -2.35. The molecule has 0 atom stereocenters. The third-order valence-corrected chi connectivity index (χ3v) is 7.15. The molecule has 0 radical (unpaired) electrons. The molecule has 0 saturated heterocycles. The van der Waals surface area contributed by atoms with E-state index in [4.69, 9.17) is 4.98 Å². The number of nitrogens with zero attached hydrogens (tertiary/aromatic N) is 4. The molecule has 1 aliphatic rings. The number of hydrogen-bond donors (Lipinski definition) is 3. The fourth-order valence-corrected chi connectivity index (χ4v) is 4.69. The minimum atomic E-state index is -4.64. The van der Waals surface area contributed by atoms with E-state index in [9.17, 15) is 27.9 Å². The number of imidazole rings is 1. The molecule has 0 unspecified atom stereocenters. The van der Waals surface area contributed by atoms with E-state index in [0.717, 1.165) is 17.7 Å². The van der Waals surface area contributed by atoms with Gasteiger partial charge in [-0.15, -0.1) is 0 Å². The molecule has 3 heterocycles. The maximum Gasteiger partial charge on any atom is 0.417 e. The summed E-state index contributed by atoms with van der Waals surface area (Å²) in [6, 6.07) is 17.3. The highest BCUT2D eigenvalue weighted by molar-refractivity contribution is 6.06. The number of nitrogens with one attached hydrogen (secondary N) is 2. The highest BCUT2D eigenvalue weighted by atomic mass is 19.4. The van der Waals surface area contributed by atoms with Gasteiger partial charge in [0, 0.05) is 42.7 Å². The van der Waals surface area contributed by atoms with E-state index in [0.29, 0.717) is 35.6 Å². The van der Waals surface area contributed by atoms with E-state index < -0.39 is 29.2 Å². The second-order valence-electron chi connectivity index (χ2n) is 10.2. The van der Waals surface area contributed by atoms with Crippen LogP contribution in [-0.4, -0.2) is 41.7 Å². The second kappa shape index (κ2) is 10.1. The van der Waals surface area contributed by atoms with Crippen molar-refractivity contribution in [3.8, 4) is 22.5 Å². The Kier molecular flexibility index (Phi) is 6.57. The van der Waals surface area contributed by atoms with E-state index in [1.54, 1.807) is 29.8 Å². The van der Waals surface area contributed by atoms with E-state index in [1.165, 1.54) is 23.0 Å². The molecule has 0 spiro atoms. The zero-order valence-electron chi connectivity index (χ0n) is 22.3. The number of hydrogen-bond acceptors (Lipinski definition) is 5. The second-order valence-corrected chi connectivity index (χ2v) is 10.2. The fourth-order valence-electron chi connectivity index (χ4n) is 4.69. The number of halogens is 3. The predicted octanol–water partition coefficient (Wildman–Crippen LogP) is 4.81. The number of carbonyl (C=O) groups is 2. The van der Waals surface area contributed by atoms with E-state index >= 15 is 0 Å². The Morgan fingerprint density at radius 2 is 1.79 bits per heavy atom. The number of fused-ring (bicyclic) bond motifs is 1. The lowest BCUT2D eigenvalue weighted by Gasteiger charge is -2.14. The summed E-state index contributed by atoms with van der Waals surface area (Å²) in [5.74, 6) is -0.734. The van der Waals surface area contributed by atoms with Gasteiger partial charge >= 0.3 is 6.18 Å². The molecular formula is C30H25F3N6O3. The number of rotatable bonds is 7. The van der Waals surface area contributed by atoms with Crippen LogP contribution < -0.4 is 10.6 Å². The Labute approximate surface area is 237 Å². The fraction of sp³-hybridized carbons (Fsp3) is 0.200. The Morgan fingerprint density at radius 1 is 1.02 bits per heavy atom. The summed E-state index contributed by atoms with van der Waals surface area (Å²) >= 11 is 0. The molecule has 42 heavy (non-hydrogen) atoms. The number of benzene rings is 2. The molecule has 0 aliphatic heterocycles. The van der Waals surface area contributed by atoms with Crippen LogP contribution in [0.3, 0.4) is 0 Å². The molecule has 2 amide bonds. The van der Waals surface area contributed by atoms with Crippen LogP contribution in [0.2, 0.25) is 0 Å². The molecule has 1 aliphatic carbocycles. The predicted molar refractivity (Wildman–Crippen MR) is 148 cm³/mol. The molecular weight excluding hydrogens is 549 g/mol. The first-order valence-corrected chi connectivity index (χ1v) is 13.1. The van der Waals surface area contributed by atoms with E-state index in [-0.39, 0.29) is 23.4 Å². The zero-order chi connectivity index (χ0) is 29.6. The average Bonchev–Trinajstić information content (AvgIpc) is 3.42. The standard InChI is InChI=1S/C30H25F3N6O3/c1-38-13-10-23(37-38)21-16-20(7-8-22(21)30(31,32)33)27(40)36-26-25(19-5-3-2-4-6-19)35-24-15-18(9-14-39(24)26)17-34-28(41)29(42)11-12-29/h2-10,13-16,42H,11-12,17H2,1H3,(H,34,41)(H,36,40). The smallest absolute Gasteiger partial charge is 0.380 e. The van der Waals surface area contributed by atoms with Crippen LogP contribution >= 0.6 is 0 Å². The number of aliphatic hydroxyl groups is 1. The Bertz CT molecular complexity index is 1820. The number of anilines is 1. The largest absolute Gasteiger partial charge is 0.417 e. The normalized spacial score (nSPS) is 14.1. The zero-order valence-corrected chi connectivity index (χ0v) is 22.3. The van der Waals surface area contributed by atoms with Gasteiger partial charge in [-0.05, 0) is 54.8 Å². The molecule has 214 valence electrons. The van der Waals surface area contributed by atoms with Crippen LogP contribution in [0.15, 0.2) is 79.1 Å². The third-order valence-electron chi connectivity index (χ3n) is 7.15. The molecule has 1 fully saturated rings. The Morgan fingerprint density at radius 3 is 2.45 bits per heavy atom. The average molecular weight is 575 g/mol. The lowest BCUT2D eigenvalue weighted by atomic mass is 10.0. The molecule has 12 heteroatoms. The summed E-state index contributed by atoms with van der Waals surface area (Å²) in [6.45, 7) is 0.175. The van der Waals surface area contributed by atoms with Gasteiger partial charge < -0.3 is 15.7 Å². The van der Waals surface area contributed by atoms with Gasteiger partial charge in [0.1, 0.15) is 22.8 Å². The topological polar surface area (TPSA) is 114 Å². The number of aryl methyl sites for hydroxylation is 1. The van der Waals surface area contributed by atoms with Crippen molar-refractivity contribution in [3.63, 3.8) is 0 Å². The summed E-state index contributed by atoms with van der Waals surface area (Å²) in [5.41, 5.74) is 0.0730. The van der Waals surface area contributed by atoms with Gasteiger partial charge in [-0.1, -0.05) is 30.3 Å². The van der Waals surface area contributed by atoms with Gasteiger partial charge in [-0.2, -0.15) is 18.3 Å². The van der Waals surface area contributed by atoms with Gasteiger partial charge in [-0.3, -0.25) is 18.7 Å². The first-order valence-electron chi connectivity index (χ1n) is 13.1. The van der Waals surface area contributed by atoms with Crippen LogP contribution in [0.5, 0.6) is 0 Å². The number of amides is 2. The van der Waals surface area contributed by atoms with Crippen molar-refractivity contribution < 1.29 is 27.9 Å².